The average Bonchev–Trinajstić information content (AvgIpc) is 2.84. The van der Waals surface area contributed by atoms with Gasteiger partial charge in [-0.3, -0.25) is 14.8 Å². The fourth-order valence-corrected chi connectivity index (χ4v) is 2.11. The number of nitrogens with zero attached hydrogens (tertiary/aromatic N) is 3. The third-order valence-electron chi connectivity index (χ3n) is 2.68. The van der Waals surface area contributed by atoms with Crippen molar-refractivity contribution in [3.8, 4) is 0 Å². The highest BCUT2D eigenvalue weighted by Crippen LogP contribution is 2.23. The van der Waals surface area contributed by atoms with Gasteiger partial charge in [0.1, 0.15) is 0 Å². The van der Waals surface area contributed by atoms with Crippen molar-refractivity contribution in [3.05, 3.63) is 50.7 Å². The van der Waals surface area contributed by atoms with E-state index in [2.05, 4.69) is 26.3 Å². The summed E-state index contributed by atoms with van der Waals surface area (Å²) in [5.41, 5.74) is 1.58. The summed E-state index contributed by atoms with van der Waals surface area (Å²) < 4.78 is 2.61. The van der Waals surface area contributed by atoms with Crippen molar-refractivity contribution in [1.82, 2.24) is 9.78 Å². The summed E-state index contributed by atoms with van der Waals surface area (Å²) in [6.45, 7) is 3.17. The Morgan fingerprint density at radius 2 is 2.32 bits per heavy atom. The maximum atomic E-state index is 10.9. The molecule has 1 aromatic carbocycles. The zero-order chi connectivity index (χ0) is 13.8. The largest absolute Gasteiger partial charge is 0.378 e. The van der Waals surface area contributed by atoms with Crippen molar-refractivity contribution in [2.75, 3.05) is 5.32 Å². The summed E-state index contributed by atoms with van der Waals surface area (Å²) >= 11 is 3.32. The highest BCUT2D eigenvalue weighted by Gasteiger charge is 2.13. The minimum atomic E-state index is -0.376. The highest BCUT2D eigenvalue weighted by atomic mass is 79.9. The Kier molecular flexibility index (Phi) is 4.16. The fraction of sp³-hybridized carbons (Fsp3) is 0.250. The number of nitro benzene ring substituents is 1. The molecule has 6 nitrogen and oxygen atoms in total. The zero-order valence-corrected chi connectivity index (χ0v) is 11.9. The van der Waals surface area contributed by atoms with Crippen LogP contribution in [0.25, 0.3) is 0 Å². The second kappa shape index (κ2) is 5.83. The van der Waals surface area contributed by atoms with Gasteiger partial charge in [-0.1, -0.05) is 15.9 Å². The maximum Gasteiger partial charge on any atom is 0.274 e. The van der Waals surface area contributed by atoms with Crippen molar-refractivity contribution < 1.29 is 4.92 Å². The fourth-order valence-electron chi connectivity index (χ4n) is 1.70. The lowest BCUT2D eigenvalue weighted by Gasteiger charge is -2.05. The van der Waals surface area contributed by atoms with Gasteiger partial charge in [0.15, 0.2) is 0 Å². The molecule has 0 bridgehead atoms. The van der Waals surface area contributed by atoms with E-state index in [4.69, 9.17) is 0 Å². The Bertz CT molecular complexity index is 597. The lowest BCUT2D eigenvalue weighted by atomic mass is 10.2. The zero-order valence-electron chi connectivity index (χ0n) is 10.3. The molecule has 0 aliphatic rings. The summed E-state index contributed by atoms with van der Waals surface area (Å²) in [7, 11) is 0. The van der Waals surface area contributed by atoms with Gasteiger partial charge in [-0.15, -0.1) is 0 Å². The minimum absolute atomic E-state index is 0.110. The number of nitro groups is 1. The number of hydrogen-bond acceptors (Lipinski definition) is 4. The number of hydrogen-bond donors (Lipinski definition) is 1. The molecule has 2 rings (SSSR count). The number of anilines is 1. The molecule has 0 unspecified atom stereocenters. The second-order valence-corrected chi connectivity index (χ2v) is 4.88. The topological polar surface area (TPSA) is 73.0 Å². The number of aryl methyl sites for hydroxylation is 1. The molecule has 0 aliphatic carbocycles. The van der Waals surface area contributed by atoms with E-state index in [1.165, 1.54) is 6.07 Å². The second-order valence-electron chi connectivity index (χ2n) is 3.97. The Morgan fingerprint density at radius 1 is 1.53 bits per heavy atom. The van der Waals surface area contributed by atoms with Crippen LogP contribution in [0.2, 0.25) is 0 Å². The Hall–Kier alpha value is -1.89. The maximum absolute atomic E-state index is 10.9. The third-order valence-corrected chi connectivity index (χ3v) is 3.17. The van der Waals surface area contributed by atoms with Crippen LogP contribution in [0.5, 0.6) is 0 Å². The summed E-state index contributed by atoms with van der Waals surface area (Å²) in [5.74, 6) is 0. The van der Waals surface area contributed by atoms with Crippen LogP contribution in [-0.2, 0) is 13.1 Å². The summed E-state index contributed by atoms with van der Waals surface area (Å²) in [4.78, 5) is 10.6. The van der Waals surface area contributed by atoms with Gasteiger partial charge in [0, 0.05) is 35.4 Å². The molecule has 1 aromatic heterocycles. The predicted octanol–water partition coefficient (Wildman–Crippen LogP) is 3.19. The molecular formula is C12H13BrN4O2. The SMILES string of the molecule is CCn1cc(NCc2cc(Br)ccc2[N+](=O)[O-])cn1. The summed E-state index contributed by atoms with van der Waals surface area (Å²) in [6.07, 6.45) is 3.57. The minimum Gasteiger partial charge on any atom is -0.378 e. The van der Waals surface area contributed by atoms with Crippen LogP contribution in [0.4, 0.5) is 11.4 Å². The number of nitrogens with one attached hydrogen (secondary N) is 1. The standard InChI is InChI=1S/C12H13BrN4O2/c1-2-16-8-11(7-15-16)14-6-9-5-10(13)3-4-12(9)17(18)19/h3-5,7-8,14H,2,6H2,1H3. The van der Waals surface area contributed by atoms with Gasteiger partial charge < -0.3 is 5.32 Å². The molecule has 0 atom stereocenters. The average molecular weight is 325 g/mol. The molecular weight excluding hydrogens is 312 g/mol. The molecule has 7 heteroatoms. The molecule has 0 spiro atoms. The van der Waals surface area contributed by atoms with E-state index in [1.807, 2.05) is 13.1 Å². The number of aromatic nitrogens is 2. The molecule has 0 fully saturated rings. The lowest BCUT2D eigenvalue weighted by molar-refractivity contribution is -0.385. The van der Waals surface area contributed by atoms with E-state index in [0.29, 0.717) is 12.1 Å². The van der Waals surface area contributed by atoms with Gasteiger partial charge in [-0.05, 0) is 19.1 Å². The van der Waals surface area contributed by atoms with Gasteiger partial charge >= 0.3 is 0 Å². The van der Waals surface area contributed by atoms with Crippen molar-refractivity contribution >= 4 is 27.3 Å². The first-order valence-corrected chi connectivity index (χ1v) is 6.58. The first kappa shape index (κ1) is 13.5. The molecule has 0 amide bonds. The highest BCUT2D eigenvalue weighted by molar-refractivity contribution is 9.10. The Morgan fingerprint density at radius 3 is 2.95 bits per heavy atom. The van der Waals surface area contributed by atoms with E-state index in [1.54, 1.807) is 23.0 Å². The Balaban J connectivity index is 2.14. The molecule has 19 heavy (non-hydrogen) atoms. The first-order chi connectivity index (χ1) is 9.10. The van der Waals surface area contributed by atoms with Crippen molar-refractivity contribution in [3.63, 3.8) is 0 Å². The van der Waals surface area contributed by atoms with E-state index < -0.39 is 0 Å². The molecule has 0 saturated carbocycles. The third kappa shape index (κ3) is 3.31. The van der Waals surface area contributed by atoms with Crippen LogP contribution in [0, 0.1) is 10.1 Å². The number of halogens is 1. The molecule has 1 N–H and O–H groups in total. The van der Waals surface area contributed by atoms with Crippen molar-refractivity contribution in [1.29, 1.82) is 0 Å². The van der Waals surface area contributed by atoms with Crippen LogP contribution >= 0.6 is 15.9 Å². The van der Waals surface area contributed by atoms with Gasteiger partial charge in [-0.2, -0.15) is 5.10 Å². The van der Waals surface area contributed by atoms with Crippen LogP contribution < -0.4 is 5.32 Å². The first-order valence-electron chi connectivity index (χ1n) is 5.79. The normalized spacial score (nSPS) is 10.4. The van der Waals surface area contributed by atoms with Crippen molar-refractivity contribution in [2.24, 2.45) is 0 Å². The van der Waals surface area contributed by atoms with Gasteiger partial charge in [0.2, 0.25) is 0 Å². The van der Waals surface area contributed by atoms with Crippen LogP contribution in [0.15, 0.2) is 35.1 Å². The van der Waals surface area contributed by atoms with Gasteiger partial charge in [0.25, 0.3) is 5.69 Å². The monoisotopic (exact) mass is 324 g/mol. The molecule has 100 valence electrons. The predicted molar refractivity (Wildman–Crippen MR) is 76.0 cm³/mol. The lowest BCUT2D eigenvalue weighted by Crippen LogP contribution is -2.02. The van der Waals surface area contributed by atoms with Gasteiger partial charge in [0.05, 0.1) is 16.8 Å². The summed E-state index contributed by atoms with van der Waals surface area (Å²) in [6, 6.07) is 4.91. The van der Waals surface area contributed by atoms with E-state index in [9.17, 15) is 10.1 Å². The molecule has 0 saturated heterocycles. The van der Waals surface area contributed by atoms with Crippen LogP contribution in [0.1, 0.15) is 12.5 Å². The molecule has 2 aromatic rings. The molecule has 0 radical (unpaired) electrons. The quantitative estimate of drug-likeness (QED) is 0.677. The number of benzene rings is 1. The molecule has 0 aliphatic heterocycles. The van der Waals surface area contributed by atoms with E-state index in [-0.39, 0.29) is 10.6 Å². The molecule has 1 heterocycles. The Labute approximate surface area is 118 Å². The summed E-state index contributed by atoms with van der Waals surface area (Å²) in [5, 5.41) is 18.2. The van der Waals surface area contributed by atoms with E-state index in [0.717, 1.165) is 16.7 Å². The smallest absolute Gasteiger partial charge is 0.274 e. The number of rotatable bonds is 5. The van der Waals surface area contributed by atoms with Crippen molar-refractivity contribution in [2.45, 2.75) is 20.0 Å². The van der Waals surface area contributed by atoms with E-state index >= 15 is 0 Å². The van der Waals surface area contributed by atoms with Gasteiger partial charge in [-0.25, -0.2) is 0 Å². The van der Waals surface area contributed by atoms with Crippen LogP contribution in [-0.4, -0.2) is 14.7 Å². The van der Waals surface area contributed by atoms with Crippen LogP contribution in [0.3, 0.4) is 0 Å².